The van der Waals surface area contributed by atoms with E-state index in [1.54, 1.807) is 12.1 Å². The van der Waals surface area contributed by atoms with Crippen LogP contribution in [-0.2, 0) is 11.3 Å². The zero-order chi connectivity index (χ0) is 18.8. The summed E-state index contributed by atoms with van der Waals surface area (Å²) in [5, 5.41) is 20.4. The molecule has 7 nitrogen and oxygen atoms in total. The van der Waals surface area contributed by atoms with Crippen LogP contribution in [0.2, 0.25) is 0 Å². The van der Waals surface area contributed by atoms with Crippen LogP contribution in [0.3, 0.4) is 0 Å². The first-order chi connectivity index (χ1) is 11.8. The number of carboxylic acids is 1. The summed E-state index contributed by atoms with van der Waals surface area (Å²) in [5.74, 6) is -0.536. The van der Waals surface area contributed by atoms with Crippen LogP contribution >= 0.6 is 11.8 Å². The van der Waals surface area contributed by atoms with Crippen molar-refractivity contribution in [3.05, 3.63) is 39.9 Å². The van der Waals surface area contributed by atoms with E-state index in [9.17, 15) is 20.0 Å². The summed E-state index contributed by atoms with van der Waals surface area (Å²) >= 11 is 5.43. The first-order valence-electron chi connectivity index (χ1n) is 8.38. The van der Waals surface area contributed by atoms with E-state index in [4.69, 9.17) is 11.8 Å². The molecule has 1 unspecified atom stereocenters. The van der Waals surface area contributed by atoms with Gasteiger partial charge in [0.25, 0.3) is 5.69 Å². The minimum absolute atomic E-state index is 0.0301. The van der Waals surface area contributed by atoms with Gasteiger partial charge in [-0.1, -0.05) is 26.0 Å². The van der Waals surface area contributed by atoms with Crippen molar-refractivity contribution in [2.45, 2.75) is 45.7 Å². The highest BCUT2D eigenvalue weighted by Crippen LogP contribution is 2.18. The number of aliphatic carboxylic acids is 1. The third kappa shape index (κ3) is 7.81. The van der Waals surface area contributed by atoms with Crippen LogP contribution in [0.5, 0.6) is 0 Å². The first kappa shape index (κ1) is 21.3. The van der Waals surface area contributed by atoms with Crippen molar-refractivity contribution in [3.63, 3.8) is 0 Å². The number of halogens is 1. The molecule has 0 saturated heterocycles. The lowest BCUT2D eigenvalue weighted by Gasteiger charge is -2.30. The van der Waals surface area contributed by atoms with Gasteiger partial charge in [0.05, 0.1) is 4.92 Å². The summed E-state index contributed by atoms with van der Waals surface area (Å²) < 4.78 is 0. The van der Waals surface area contributed by atoms with Crippen LogP contribution in [0.4, 0.5) is 5.69 Å². The smallest absolute Gasteiger partial charge is 0.320 e. The molecule has 1 aromatic rings. The highest BCUT2D eigenvalue weighted by atomic mass is 35.5. The maximum absolute atomic E-state index is 11.7. The molecule has 0 fully saturated rings. The van der Waals surface area contributed by atoms with E-state index in [1.165, 1.54) is 12.1 Å². The highest BCUT2D eigenvalue weighted by molar-refractivity contribution is 6.13. The second-order valence-corrected chi connectivity index (χ2v) is 6.75. The summed E-state index contributed by atoms with van der Waals surface area (Å²) in [6.45, 7) is 5.81. The van der Waals surface area contributed by atoms with E-state index < -0.39 is 16.9 Å². The Balaban J connectivity index is 2.84. The SMILES string of the molecule is CC(C)CN(Cc1ccc([N+](=O)[O-])cc1)C(CCCCNCl)C(=O)O. The van der Waals surface area contributed by atoms with Crippen molar-refractivity contribution in [1.29, 1.82) is 0 Å². The number of benzene rings is 1. The van der Waals surface area contributed by atoms with Crippen LogP contribution < -0.4 is 4.84 Å². The van der Waals surface area contributed by atoms with Crippen LogP contribution in [0, 0.1) is 16.0 Å². The zero-order valence-electron chi connectivity index (χ0n) is 14.7. The van der Waals surface area contributed by atoms with Gasteiger partial charge in [0.1, 0.15) is 6.04 Å². The lowest BCUT2D eigenvalue weighted by Crippen LogP contribution is -2.42. The summed E-state index contributed by atoms with van der Waals surface area (Å²) in [6, 6.07) is 5.67. The number of rotatable bonds is 12. The van der Waals surface area contributed by atoms with Gasteiger partial charge < -0.3 is 5.11 Å². The summed E-state index contributed by atoms with van der Waals surface area (Å²) in [4.78, 5) is 26.5. The lowest BCUT2D eigenvalue weighted by molar-refractivity contribution is -0.384. The Kier molecular flexibility index (Phi) is 9.41. The van der Waals surface area contributed by atoms with E-state index in [1.807, 2.05) is 18.7 Å². The summed E-state index contributed by atoms with van der Waals surface area (Å²) in [6.07, 6.45) is 2.10. The number of nitrogens with zero attached hydrogens (tertiary/aromatic N) is 2. The van der Waals surface area contributed by atoms with E-state index in [0.717, 1.165) is 18.4 Å². The average molecular weight is 372 g/mol. The molecule has 0 saturated carbocycles. The normalized spacial score (nSPS) is 12.5. The minimum atomic E-state index is -0.846. The lowest BCUT2D eigenvalue weighted by atomic mass is 10.0. The molecule has 0 bridgehead atoms. The third-order valence-corrected chi connectivity index (χ3v) is 4.05. The van der Waals surface area contributed by atoms with Gasteiger partial charge in [-0.25, -0.2) is 4.84 Å². The molecule has 0 spiro atoms. The van der Waals surface area contributed by atoms with Gasteiger partial charge in [0, 0.05) is 31.8 Å². The molecule has 25 heavy (non-hydrogen) atoms. The number of nitro benzene ring substituents is 1. The molecule has 0 amide bonds. The van der Waals surface area contributed by atoms with E-state index in [-0.39, 0.29) is 5.69 Å². The number of carbonyl (C=O) groups is 1. The number of nitro groups is 1. The second kappa shape index (κ2) is 11.0. The summed E-state index contributed by atoms with van der Waals surface area (Å²) in [7, 11) is 0. The molecular formula is C17H26ClN3O4. The molecular weight excluding hydrogens is 346 g/mol. The molecule has 0 aliphatic rings. The molecule has 0 aromatic heterocycles. The standard InChI is InChI=1S/C17H26ClN3O4/c1-13(2)11-20(16(17(22)23)5-3-4-10-19-18)12-14-6-8-15(9-7-14)21(24)25/h6-9,13,16,19H,3-5,10-12H2,1-2H3,(H,22,23). The quantitative estimate of drug-likeness (QED) is 0.253. The Hall–Kier alpha value is -1.70. The topological polar surface area (TPSA) is 95.7 Å². The van der Waals surface area contributed by atoms with Crippen molar-refractivity contribution in [1.82, 2.24) is 9.74 Å². The van der Waals surface area contributed by atoms with Crippen molar-refractivity contribution < 1.29 is 14.8 Å². The number of non-ortho nitro benzene ring substituents is 1. The van der Waals surface area contributed by atoms with Crippen molar-refractivity contribution >= 4 is 23.4 Å². The fraction of sp³-hybridized carbons (Fsp3) is 0.588. The van der Waals surface area contributed by atoms with Crippen LogP contribution in [0.15, 0.2) is 24.3 Å². The zero-order valence-corrected chi connectivity index (χ0v) is 15.4. The fourth-order valence-corrected chi connectivity index (χ4v) is 2.85. The van der Waals surface area contributed by atoms with Crippen molar-refractivity contribution in [3.8, 4) is 0 Å². The average Bonchev–Trinajstić information content (AvgIpc) is 2.54. The molecule has 0 radical (unpaired) electrons. The predicted molar refractivity (Wildman–Crippen MR) is 97.5 cm³/mol. The van der Waals surface area contributed by atoms with Crippen LogP contribution in [0.1, 0.15) is 38.7 Å². The number of carboxylic acid groups (broad SMARTS) is 1. The summed E-state index contributed by atoms with van der Waals surface area (Å²) in [5.41, 5.74) is 0.891. The van der Waals surface area contributed by atoms with Gasteiger partial charge >= 0.3 is 5.97 Å². The number of hydrogen-bond donors (Lipinski definition) is 2. The highest BCUT2D eigenvalue weighted by Gasteiger charge is 2.26. The van der Waals surface area contributed by atoms with Gasteiger partial charge in [-0.05, 0) is 42.5 Å². The molecule has 1 rings (SSSR count). The number of unbranched alkanes of at least 4 members (excludes halogenated alkanes) is 1. The molecule has 1 atom stereocenters. The van der Waals surface area contributed by atoms with Gasteiger partial charge in [-0.15, -0.1) is 0 Å². The van der Waals surface area contributed by atoms with E-state index in [0.29, 0.717) is 32.0 Å². The second-order valence-electron chi connectivity index (χ2n) is 6.48. The largest absolute Gasteiger partial charge is 0.480 e. The van der Waals surface area contributed by atoms with Crippen molar-refractivity contribution in [2.75, 3.05) is 13.1 Å². The Bertz CT molecular complexity index is 551. The Morgan fingerprint density at radius 2 is 1.96 bits per heavy atom. The third-order valence-electron chi connectivity index (χ3n) is 3.86. The van der Waals surface area contributed by atoms with Gasteiger partial charge in [-0.2, -0.15) is 0 Å². The van der Waals surface area contributed by atoms with Crippen LogP contribution in [0.25, 0.3) is 0 Å². The monoisotopic (exact) mass is 371 g/mol. The maximum Gasteiger partial charge on any atom is 0.320 e. The Labute approximate surface area is 153 Å². The fourth-order valence-electron chi connectivity index (χ4n) is 2.72. The maximum atomic E-state index is 11.7. The molecule has 2 N–H and O–H groups in total. The Morgan fingerprint density at radius 3 is 2.44 bits per heavy atom. The van der Waals surface area contributed by atoms with Crippen LogP contribution in [-0.4, -0.2) is 40.0 Å². The molecule has 8 heteroatoms. The molecule has 0 aliphatic carbocycles. The van der Waals surface area contributed by atoms with Gasteiger partial charge in [-0.3, -0.25) is 19.8 Å². The molecule has 0 heterocycles. The number of hydrogen-bond acceptors (Lipinski definition) is 5. The predicted octanol–water partition coefficient (Wildman–Crippen LogP) is 3.42. The Morgan fingerprint density at radius 1 is 1.32 bits per heavy atom. The van der Waals surface area contributed by atoms with Gasteiger partial charge in [0.2, 0.25) is 0 Å². The van der Waals surface area contributed by atoms with E-state index in [2.05, 4.69) is 4.84 Å². The first-order valence-corrected chi connectivity index (χ1v) is 8.76. The molecule has 1 aromatic carbocycles. The molecule has 0 aliphatic heterocycles. The minimum Gasteiger partial charge on any atom is -0.480 e. The number of nitrogens with one attached hydrogen (secondary N) is 1. The van der Waals surface area contributed by atoms with E-state index >= 15 is 0 Å². The van der Waals surface area contributed by atoms with Gasteiger partial charge in [0.15, 0.2) is 0 Å². The molecule has 140 valence electrons. The van der Waals surface area contributed by atoms with Crippen molar-refractivity contribution in [2.24, 2.45) is 5.92 Å².